The minimum absolute atomic E-state index is 0.142. The van der Waals surface area contributed by atoms with E-state index in [2.05, 4.69) is 10.6 Å². The van der Waals surface area contributed by atoms with Crippen LogP contribution in [0.5, 0.6) is 0 Å². The monoisotopic (exact) mass is 362 g/mol. The standard InChI is InChI=1S/C19H21ClFN3O/c20-17-7-4-8-18(21)16(17)13-24-11-9-15(10-12-24)23-19(25)22-14-5-2-1-3-6-14/h1-8,15H,9-13H2,(H2,22,23,25)/p+1. The number of hydrogen-bond acceptors (Lipinski definition) is 1. The number of likely N-dealkylation sites (tertiary alicyclic amines) is 1. The third-order valence-electron chi connectivity index (χ3n) is 4.55. The summed E-state index contributed by atoms with van der Waals surface area (Å²) in [5.74, 6) is -0.248. The molecule has 132 valence electrons. The highest BCUT2D eigenvalue weighted by Crippen LogP contribution is 2.18. The van der Waals surface area contributed by atoms with Crippen molar-refractivity contribution in [2.45, 2.75) is 25.4 Å². The molecule has 0 aromatic heterocycles. The summed E-state index contributed by atoms with van der Waals surface area (Å²) in [5, 5.41) is 6.32. The molecule has 1 fully saturated rings. The molecule has 0 unspecified atom stereocenters. The van der Waals surface area contributed by atoms with Crippen molar-refractivity contribution in [2.24, 2.45) is 0 Å². The molecule has 1 saturated heterocycles. The zero-order valence-electron chi connectivity index (χ0n) is 13.9. The second kappa shape index (κ2) is 8.32. The first kappa shape index (κ1) is 17.7. The van der Waals surface area contributed by atoms with E-state index in [1.807, 2.05) is 30.3 Å². The number of piperidine rings is 1. The summed E-state index contributed by atoms with van der Waals surface area (Å²) < 4.78 is 13.9. The van der Waals surface area contributed by atoms with E-state index in [4.69, 9.17) is 11.6 Å². The molecule has 0 aliphatic carbocycles. The maximum Gasteiger partial charge on any atom is 0.319 e. The summed E-state index contributed by atoms with van der Waals surface area (Å²) in [6, 6.07) is 14.1. The molecule has 0 bridgehead atoms. The van der Waals surface area contributed by atoms with Gasteiger partial charge in [-0.3, -0.25) is 0 Å². The number of urea groups is 1. The minimum atomic E-state index is -0.248. The quantitative estimate of drug-likeness (QED) is 0.769. The van der Waals surface area contributed by atoms with E-state index < -0.39 is 0 Å². The number of hydrogen-bond donors (Lipinski definition) is 3. The Morgan fingerprint density at radius 2 is 1.84 bits per heavy atom. The number of rotatable bonds is 4. The van der Waals surface area contributed by atoms with Gasteiger partial charge in [0.05, 0.1) is 23.7 Å². The third-order valence-corrected chi connectivity index (χ3v) is 4.90. The van der Waals surface area contributed by atoms with Gasteiger partial charge in [0, 0.05) is 24.6 Å². The molecule has 0 saturated carbocycles. The van der Waals surface area contributed by atoms with Gasteiger partial charge in [-0.2, -0.15) is 0 Å². The second-order valence-electron chi connectivity index (χ2n) is 6.37. The third kappa shape index (κ3) is 4.94. The smallest absolute Gasteiger partial charge is 0.319 e. The van der Waals surface area contributed by atoms with Gasteiger partial charge in [-0.1, -0.05) is 35.9 Å². The lowest BCUT2D eigenvalue weighted by molar-refractivity contribution is -0.919. The Morgan fingerprint density at radius 1 is 1.12 bits per heavy atom. The number of halogens is 2. The molecule has 25 heavy (non-hydrogen) atoms. The second-order valence-corrected chi connectivity index (χ2v) is 6.77. The molecule has 2 aromatic rings. The summed E-state index contributed by atoms with van der Waals surface area (Å²) in [7, 11) is 0. The van der Waals surface area contributed by atoms with Crippen molar-refractivity contribution in [3.05, 3.63) is 64.9 Å². The van der Waals surface area contributed by atoms with Crippen LogP contribution in [0.15, 0.2) is 48.5 Å². The van der Waals surface area contributed by atoms with Crippen LogP contribution in [0.2, 0.25) is 5.02 Å². The minimum Gasteiger partial charge on any atom is -0.335 e. The molecule has 1 heterocycles. The molecule has 1 aliphatic heterocycles. The number of amides is 2. The molecule has 0 radical (unpaired) electrons. The van der Waals surface area contributed by atoms with Gasteiger partial charge in [0.2, 0.25) is 0 Å². The summed E-state index contributed by atoms with van der Waals surface area (Å²) in [6.45, 7) is 2.33. The van der Waals surface area contributed by atoms with Gasteiger partial charge in [-0.25, -0.2) is 9.18 Å². The van der Waals surface area contributed by atoms with Crippen molar-refractivity contribution < 1.29 is 14.1 Å². The van der Waals surface area contributed by atoms with E-state index in [1.54, 1.807) is 12.1 Å². The Morgan fingerprint density at radius 3 is 2.52 bits per heavy atom. The van der Waals surface area contributed by atoms with Crippen LogP contribution in [0.1, 0.15) is 18.4 Å². The zero-order chi connectivity index (χ0) is 17.6. The molecule has 2 amide bonds. The molecule has 4 nitrogen and oxygen atoms in total. The summed E-state index contributed by atoms with van der Waals surface area (Å²) in [4.78, 5) is 13.3. The zero-order valence-corrected chi connectivity index (χ0v) is 14.7. The van der Waals surface area contributed by atoms with Gasteiger partial charge in [0.25, 0.3) is 0 Å². The van der Waals surface area contributed by atoms with Crippen molar-refractivity contribution in [3.8, 4) is 0 Å². The maximum absolute atomic E-state index is 13.9. The average molecular weight is 363 g/mol. The lowest BCUT2D eigenvalue weighted by Gasteiger charge is -2.30. The molecular weight excluding hydrogens is 341 g/mol. The Bertz CT molecular complexity index is 698. The lowest BCUT2D eigenvalue weighted by Crippen LogP contribution is -3.12. The molecular formula is C19H22ClFN3O+. The molecule has 3 rings (SSSR count). The molecule has 0 atom stereocenters. The number of benzene rings is 2. The SMILES string of the molecule is O=C(Nc1ccccc1)NC1CC[NH+](Cc2c(F)cccc2Cl)CC1. The van der Waals surface area contributed by atoms with E-state index in [-0.39, 0.29) is 17.9 Å². The number of quaternary nitrogens is 1. The van der Waals surface area contributed by atoms with Crippen LogP contribution >= 0.6 is 11.6 Å². The van der Waals surface area contributed by atoms with E-state index >= 15 is 0 Å². The predicted octanol–water partition coefficient (Wildman–Crippen LogP) is 2.85. The molecule has 1 aliphatic rings. The van der Waals surface area contributed by atoms with Crippen LogP contribution in [-0.2, 0) is 6.54 Å². The summed E-state index contributed by atoms with van der Waals surface area (Å²) in [6.07, 6.45) is 1.73. The fraction of sp³-hybridized carbons (Fsp3) is 0.316. The van der Waals surface area contributed by atoms with Crippen molar-refractivity contribution in [2.75, 3.05) is 18.4 Å². The molecule has 6 heteroatoms. The highest BCUT2D eigenvalue weighted by Gasteiger charge is 2.25. The molecule has 3 N–H and O–H groups in total. The summed E-state index contributed by atoms with van der Waals surface area (Å²) >= 11 is 6.10. The van der Waals surface area contributed by atoms with Gasteiger partial charge in [-0.05, 0) is 24.3 Å². The number of para-hydroxylation sites is 1. The highest BCUT2D eigenvalue weighted by molar-refractivity contribution is 6.31. The largest absolute Gasteiger partial charge is 0.335 e. The Hall–Kier alpha value is -2.11. The van der Waals surface area contributed by atoms with E-state index in [0.29, 0.717) is 17.1 Å². The van der Waals surface area contributed by atoms with E-state index in [1.165, 1.54) is 11.0 Å². The lowest BCUT2D eigenvalue weighted by atomic mass is 10.0. The van der Waals surface area contributed by atoms with Gasteiger partial charge in [-0.15, -0.1) is 0 Å². The van der Waals surface area contributed by atoms with E-state index in [9.17, 15) is 9.18 Å². The van der Waals surface area contributed by atoms with Crippen molar-refractivity contribution in [1.82, 2.24) is 5.32 Å². The Labute approximate surface area is 152 Å². The topological polar surface area (TPSA) is 45.6 Å². The Kier molecular flexibility index (Phi) is 5.89. The van der Waals surface area contributed by atoms with Crippen LogP contribution in [0.3, 0.4) is 0 Å². The van der Waals surface area contributed by atoms with Crippen LogP contribution in [0, 0.1) is 5.82 Å². The predicted molar refractivity (Wildman–Crippen MR) is 97.4 cm³/mol. The van der Waals surface area contributed by atoms with Crippen molar-refractivity contribution >= 4 is 23.3 Å². The Balaban J connectivity index is 1.46. The van der Waals surface area contributed by atoms with Crippen LogP contribution in [0.4, 0.5) is 14.9 Å². The molecule has 2 aromatic carbocycles. The van der Waals surface area contributed by atoms with Crippen LogP contribution in [-0.4, -0.2) is 25.2 Å². The van der Waals surface area contributed by atoms with Crippen molar-refractivity contribution in [3.63, 3.8) is 0 Å². The first-order valence-electron chi connectivity index (χ1n) is 8.51. The average Bonchev–Trinajstić information content (AvgIpc) is 2.60. The first-order valence-corrected chi connectivity index (χ1v) is 8.88. The van der Waals surface area contributed by atoms with Gasteiger partial charge >= 0.3 is 6.03 Å². The molecule has 0 spiro atoms. The van der Waals surface area contributed by atoms with Gasteiger partial charge in [0.15, 0.2) is 0 Å². The van der Waals surface area contributed by atoms with Gasteiger partial charge in [0.1, 0.15) is 12.4 Å². The fourth-order valence-corrected chi connectivity index (χ4v) is 3.40. The number of anilines is 1. The number of nitrogens with one attached hydrogen (secondary N) is 3. The fourth-order valence-electron chi connectivity index (χ4n) is 3.17. The number of carbonyl (C=O) groups excluding carboxylic acids is 1. The normalized spacial score (nSPS) is 20.1. The van der Waals surface area contributed by atoms with Crippen LogP contribution < -0.4 is 15.5 Å². The number of carbonyl (C=O) groups is 1. The highest BCUT2D eigenvalue weighted by atomic mass is 35.5. The van der Waals surface area contributed by atoms with Crippen molar-refractivity contribution in [1.29, 1.82) is 0 Å². The van der Waals surface area contributed by atoms with Crippen LogP contribution in [0.25, 0.3) is 0 Å². The van der Waals surface area contributed by atoms with Gasteiger partial charge < -0.3 is 15.5 Å². The first-order chi connectivity index (χ1) is 12.1. The summed E-state index contributed by atoms with van der Waals surface area (Å²) in [5.41, 5.74) is 1.35. The maximum atomic E-state index is 13.9. The van der Waals surface area contributed by atoms with E-state index in [0.717, 1.165) is 31.6 Å².